The lowest BCUT2D eigenvalue weighted by Gasteiger charge is -2.33. The number of nitriles is 1. The van der Waals surface area contributed by atoms with Gasteiger partial charge in [-0.3, -0.25) is 4.79 Å². The Bertz CT molecular complexity index is 1340. The van der Waals surface area contributed by atoms with Crippen LogP contribution < -0.4 is 5.32 Å². The highest BCUT2D eigenvalue weighted by Crippen LogP contribution is 2.31. The highest BCUT2D eigenvalue weighted by Gasteiger charge is 2.27. The molecule has 10 heteroatoms. The van der Waals surface area contributed by atoms with E-state index in [1.807, 2.05) is 20.8 Å². The van der Waals surface area contributed by atoms with Gasteiger partial charge in [0.2, 0.25) is 11.8 Å². The number of carbonyl (C=O) groups excluding carboxylic acids is 2. The van der Waals surface area contributed by atoms with Crippen molar-refractivity contribution in [3.8, 4) is 17.5 Å². The maximum absolute atomic E-state index is 12.4. The average Bonchev–Trinajstić information content (AvgIpc) is 3.30. The van der Waals surface area contributed by atoms with E-state index in [9.17, 15) is 20.0 Å². The van der Waals surface area contributed by atoms with Crippen LogP contribution in [-0.2, 0) is 14.3 Å². The predicted octanol–water partition coefficient (Wildman–Crippen LogP) is 4.77. The summed E-state index contributed by atoms with van der Waals surface area (Å²) in [5.41, 5.74) is 2.55. The Morgan fingerprint density at radius 1 is 1.24 bits per heavy atom. The van der Waals surface area contributed by atoms with Gasteiger partial charge >= 0.3 is 6.09 Å². The number of carbonyl (C=O) groups is 2. The van der Waals surface area contributed by atoms with Crippen molar-refractivity contribution in [3.63, 3.8) is 0 Å². The van der Waals surface area contributed by atoms with Crippen LogP contribution in [-0.4, -0.2) is 58.4 Å². The predicted molar refractivity (Wildman–Crippen MR) is 140 cm³/mol. The van der Waals surface area contributed by atoms with E-state index in [1.54, 1.807) is 48.2 Å². The van der Waals surface area contributed by atoms with Gasteiger partial charge in [-0.2, -0.15) is 5.26 Å². The number of piperidine rings is 1. The monoisotopic (exact) mass is 520 g/mol. The molecule has 2 N–H and O–H groups in total. The maximum Gasteiger partial charge on any atom is 0.410 e. The average molecular weight is 521 g/mol. The number of ether oxygens (including phenoxy) is 2. The summed E-state index contributed by atoms with van der Waals surface area (Å²) in [5, 5.41) is 22.1. The number of likely N-dealkylation sites (tertiary alicyclic amines) is 1. The second-order valence-corrected chi connectivity index (χ2v) is 10.3. The number of hydrogen-bond acceptors (Lipinski definition) is 8. The molecule has 10 nitrogen and oxygen atoms in total. The molecule has 0 bridgehead atoms. The number of nitrogens with one attached hydrogen (secondary N) is 1. The van der Waals surface area contributed by atoms with Crippen molar-refractivity contribution in [3.05, 3.63) is 47.5 Å². The molecule has 2 heterocycles. The van der Waals surface area contributed by atoms with Crippen LogP contribution in [0.2, 0.25) is 0 Å². The maximum atomic E-state index is 12.4. The van der Waals surface area contributed by atoms with Crippen LogP contribution in [0.15, 0.2) is 40.8 Å². The van der Waals surface area contributed by atoms with Crippen molar-refractivity contribution >= 4 is 28.8 Å². The Kier molecular flexibility index (Phi) is 7.99. The Morgan fingerprint density at radius 3 is 2.53 bits per heavy atom. The van der Waals surface area contributed by atoms with E-state index < -0.39 is 11.7 Å². The summed E-state index contributed by atoms with van der Waals surface area (Å²) < 4.78 is 17.1. The number of rotatable bonds is 6. The van der Waals surface area contributed by atoms with Crippen LogP contribution in [0.5, 0.6) is 0 Å². The lowest BCUT2D eigenvalue weighted by Crippen LogP contribution is -2.43. The first-order chi connectivity index (χ1) is 18.0. The van der Waals surface area contributed by atoms with Crippen molar-refractivity contribution in [2.24, 2.45) is 0 Å². The van der Waals surface area contributed by atoms with Crippen molar-refractivity contribution in [2.45, 2.75) is 58.3 Å². The molecule has 1 saturated heterocycles. The van der Waals surface area contributed by atoms with Gasteiger partial charge in [-0.1, -0.05) is 0 Å². The quantitative estimate of drug-likeness (QED) is 0.474. The number of hydrogen-bond donors (Lipinski definition) is 2. The van der Waals surface area contributed by atoms with E-state index >= 15 is 0 Å². The molecule has 2 amide bonds. The first-order valence-electron chi connectivity index (χ1n) is 12.5. The van der Waals surface area contributed by atoms with Crippen LogP contribution in [0.25, 0.3) is 22.6 Å². The van der Waals surface area contributed by atoms with Crippen LogP contribution in [0.3, 0.4) is 0 Å². The molecule has 0 aliphatic carbocycles. The van der Waals surface area contributed by atoms with E-state index in [-0.39, 0.29) is 24.7 Å². The van der Waals surface area contributed by atoms with Gasteiger partial charge in [0.05, 0.1) is 23.8 Å². The van der Waals surface area contributed by atoms with Crippen LogP contribution in [0.1, 0.15) is 57.8 Å². The normalized spacial score (nSPS) is 15.2. The fraction of sp³-hybridized carbons (Fsp3) is 0.429. The third kappa shape index (κ3) is 6.68. The van der Waals surface area contributed by atoms with Crippen molar-refractivity contribution < 1.29 is 28.6 Å². The number of aliphatic hydroxyl groups excluding tert-OH is 1. The highest BCUT2D eigenvalue weighted by molar-refractivity contribution is 5.92. The molecule has 1 fully saturated rings. The molecule has 1 aromatic heterocycles. The number of aliphatic hydroxyl groups is 1. The largest absolute Gasteiger partial charge is 0.444 e. The Hall–Kier alpha value is -3.94. The number of oxazole rings is 1. The van der Waals surface area contributed by atoms with E-state index in [2.05, 4.69) is 16.4 Å². The fourth-order valence-corrected chi connectivity index (χ4v) is 4.18. The molecule has 1 aliphatic rings. The number of anilines is 1. The summed E-state index contributed by atoms with van der Waals surface area (Å²) in [6.45, 7) is 8.07. The molecular weight excluding hydrogens is 488 g/mol. The van der Waals surface area contributed by atoms with Gasteiger partial charge in [0.25, 0.3) is 0 Å². The molecule has 3 aromatic rings. The highest BCUT2D eigenvalue weighted by atomic mass is 16.6. The minimum absolute atomic E-state index is 0.0899. The lowest BCUT2D eigenvalue weighted by atomic mass is 10.1. The van der Waals surface area contributed by atoms with Crippen LogP contribution in [0.4, 0.5) is 10.5 Å². The summed E-state index contributed by atoms with van der Waals surface area (Å²) in [6, 6.07) is 12.3. The summed E-state index contributed by atoms with van der Waals surface area (Å²) in [6.07, 6.45) is 0.0276. The number of amides is 2. The minimum Gasteiger partial charge on any atom is -0.444 e. The van der Waals surface area contributed by atoms with Crippen LogP contribution in [0, 0.1) is 11.3 Å². The molecule has 1 unspecified atom stereocenters. The zero-order valence-electron chi connectivity index (χ0n) is 22.0. The zero-order valence-corrected chi connectivity index (χ0v) is 22.0. The second-order valence-electron chi connectivity index (χ2n) is 10.3. The summed E-state index contributed by atoms with van der Waals surface area (Å²) in [5.74, 6) is 0.0655. The van der Waals surface area contributed by atoms with Crippen LogP contribution >= 0.6 is 0 Å². The smallest absolute Gasteiger partial charge is 0.410 e. The summed E-state index contributed by atoms with van der Waals surface area (Å²) in [4.78, 5) is 30.7. The fourth-order valence-electron chi connectivity index (χ4n) is 4.18. The molecule has 1 atom stereocenters. The lowest BCUT2D eigenvalue weighted by molar-refractivity contribution is -0.123. The standard InChI is InChI=1S/C28H32N4O6/c1-17(33)22-13-18(15-29)14-23-25(22)37-26(31-23)19-5-7-20(8-6-19)30-24(34)16-36-21-9-11-32(12-10-21)27(35)38-28(2,3)4/h5-8,13-14,17,21,33H,9-12,16H2,1-4H3,(H,30,34). The number of nitrogens with zero attached hydrogens (tertiary/aromatic N) is 3. The molecular formula is C28H32N4O6. The number of benzene rings is 2. The topological polar surface area (TPSA) is 138 Å². The molecule has 38 heavy (non-hydrogen) atoms. The second kappa shape index (κ2) is 11.2. The van der Waals surface area contributed by atoms with Crippen molar-refractivity contribution in [2.75, 3.05) is 25.0 Å². The minimum atomic E-state index is -0.816. The van der Waals surface area contributed by atoms with Gasteiger partial charge in [-0.05, 0) is 76.9 Å². The van der Waals surface area contributed by atoms with Gasteiger partial charge in [0, 0.05) is 29.9 Å². The van der Waals surface area contributed by atoms with E-state index in [0.29, 0.717) is 65.3 Å². The summed E-state index contributed by atoms with van der Waals surface area (Å²) >= 11 is 0. The van der Waals surface area contributed by atoms with Crippen molar-refractivity contribution in [1.82, 2.24) is 9.88 Å². The number of aromatic nitrogens is 1. The molecule has 0 radical (unpaired) electrons. The zero-order chi connectivity index (χ0) is 27.4. The Labute approximate surface area is 221 Å². The Balaban J connectivity index is 1.30. The van der Waals surface area contributed by atoms with Gasteiger partial charge in [-0.25, -0.2) is 9.78 Å². The molecule has 0 spiro atoms. The number of fused-ring (bicyclic) bond motifs is 1. The third-order valence-electron chi connectivity index (χ3n) is 6.06. The molecule has 0 saturated carbocycles. The van der Waals surface area contributed by atoms with Gasteiger partial charge < -0.3 is 29.2 Å². The molecule has 200 valence electrons. The first-order valence-corrected chi connectivity index (χ1v) is 12.5. The third-order valence-corrected chi connectivity index (χ3v) is 6.06. The van der Waals surface area contributed by atoms with E-state index in [0.717, 1.165) is 0 Å². The van der Waals surface area contributed by atoms with Gasteiger partial charge in [0.1, 0.15) is 17.7 Å². The van der Waals surface area contributed by atoms with Gasteiger partial charge in [-0.15, -0.1) is 0 Å². The van der Waals surface area contributed by atoms with E-state index in [4.69, 9.17) is 13.9 Å². The molecule has 2 aromatic carbocycles. The molecule has 4 rings (SSSR count). The Morgan fingerprint density at radius 2 is 1.92 bits per heavy atom. The first kappa shape index (κ1) is 27.1. The van der Waals surface area contributed by atoms with E-state index in [1.165, 1.54) is 0 Å². The SMILES string of the molecule is CC(O)c1cc(C#N)cc2nc(-c3ccc(NC(=O)COC4CCN(C(=O)OC(C)(C)C)CC4)cc3)oc12. The van der Waals surface area contributed by atoms with Crippen molar-refractivity contribution in [1.29, 1.82) is 5.26 Å². The van der Waals surface area contributed by atoms with Gasteiger partial charge in [0.15, 0.2) is 5.58 Å². The molecule has 1 aliphatic heterocycles. The summed E-state index contributed by atoms with van der Waals surface area (Å²) in [7, 11) is 0.